The second kappa shape index (κ2) is 67.6. The summed E-state index contributed by atoms with van der Waals surface area (Å²) in [6.07, 6.45) is 92.6. The second-order valence-corrected chi connectivity index (χ2v) is 22.3. The molecule has 0 aromatic rings. The molecule has 0 saturated heterocycles. The molecule has 0 N–H and O–H groups in total. The Labute approximate surface area is 495 Å². The van der Waals surface area contributed by atoms with Gasteiger partial charge in [-0.2, -0.15) is 0 Å². The fourth-order valence-electron chi connectivity index (χ4n) is 9.52. The molecule has 0 rings (SSSR count). The second-order valence-electron chi connectivity index (χ2n) is 22.3. The average molecular weight is 1110 g/mol. The largest absolute Gasteiger partial charge is 0.462 e. The van der Waals surface area contributed by atoms with Crippen molar-refractivity contribution in [1.29, 1.82) is 0 Å². The van der Waals surface area contributed by atoms with E-state index in [1.165, 1.54) is 148 Å². The molecule has 0 fully saturated rings. The normalized spacial score (nSPS) is 12.8. The van der Waals surface area contributed by atoms with E-state index in [4.69, 9.17) is 14.2 Å². The van der Waals surface area contributed by atoms with Gasteiger partial charge in [0.25, 0.3) is 0 Å². The molecular weight excluding hydrogens is 985 g/mol. The molecule has 0 aliphatic heterocycles. The summed E-state index contributed by atoms with van der Waals surface area (Å²) in [5.41, 5.74) is 0. The van der Waals surface area contributed by atoms with Crippen molar-refractivity contribution in [1.82, 2.24) is 0 Å². The maximum absolute atomic E-state index is 12.9. The molecule has 0 saturated carbocycles. The van der Waals surface area contributed by atoms with Crippen LogP contribution in [-0.2, 0) is 28.6 Å². The van der Waals surface area contributed by atoms with Crippen LogP contribution in [0, 0.1) is 0 Å². The molecular formula is C74H126O6. The van der Waals surface area contributed by atoms with Crippen molar-refractivity contribution < 1.29 is 28.6 Å². The zero-order valence-corrected chi connectivity index (χ0v) is 52.6. The lowest BCUT2D eigenvalue weighted by atomic mass is 10.0. The van der Waals surface area contributed by atoms with E-state index in [0.29, 0.717) is 19.3 Å². The van der Waals surface area contributed by atoms with Gasteiger partial charge in [0.15, 0.2) is 6.10 Å². The molecule has 458 valence electrons. The Balaban J connectivity index is 4.38. The third-order valence-corrected chi connectivity index (χ3v) is 14.5. The number of carbonyl (C=O) groups is 3. The van der Waals surface area contributed by atoms with Crippen molar-refractivity contribution in [3.63, 3.8) is 0 Å². The molecule has 0 spiro atoms. The summed E-state index contributed by atoms with van der Waals surface area (Å²) in [6.45, 7) is 6.40. The average Bonchev–Trinajstić information content (AvgIpc) is 3.46. The number of hydrogen-bond donors (Lipinski definition) is 0. The maximum atomic E-state index is 12.9. The summed E-state index contributed by atoms with van der Waals surface area (Å²) in [6, 6.07) is 0. The molecule has 80 heavy (non-hydrogen) atoms. The lowest BCUT2D eigenvalue weighted by molar-refractivity contribution is -0.167. The third kappa shape index (κ3) is 64.9. The van der Waals surface area contributed by atoms with Crippen molar-refractivity contribution in [2.45, 2.75) is 329 Å². The molecule has 1 atom stereocenters. The maximum Gasteiger partial charge on any atom is 0.306 e. The summed E-state index contributed by atoms with van der Waals surface area (Å²) in [5, 5.41) is 0. The Hall–Kier alpha value is -3.93. The summed E-state index contributed by atoms with van der Waals surface area (Å²) in [4.78, 5) is 38.4. The van der Waals surface area contributed by atoms with Gasteiger partial charge in [0.2, 0.25) is 0 Å². The van der Waals surface area contributed by atoms with Gasteiger partial charge >= 0.3 is 17.9 Å². The van der Waals surface area contributed by atoms with Crippen LogP contribution in [0.2, 0.25) is 0 Å². The summed E-state index contributed by atoms with van der Waals surface area (Å²) >= 11 is 0. The SMILES string of the molecule is CC/C=C\C/C=C\C/C=C\C/C=C\C/C=C\C/C=C\CCCCC(=O)OC(COC(=O)CCCCCCC/C=C\C/C=C\C/C=C\CC)COC(=O)CCCCCCCCCCCCCCCCCCCCCCCCCCCC. The minimum Gasteiger partial charge on any atom is -0.462 e. The monoisotopic (exact) mass is 1110 g/mol. The van der Waals surface area contributed by atoms with Crippen LogP contribution >= 0.6 is 0 Å². The highest BCUT2D eigenvalue weighted by molar-refractivity contribution is 5.71. The van der Waals surface area contributed by atoms with Gasteiger partial charge in [0, 0.05) is 19.3 Å². The smallest absolute Gasteiger partial charge is 0.306 e. The highest BCUT2D eigenvalue weighted by Crippen LogP contribution is 2.17. The van der Waals surface area contributed by atoms with E-state index >= 15 is 0 Å². The number of allylic oxidation sites excluding steroid dienone is 18. The zero-order valence-electron chi connectivity index (χ0n) is 52.6. The first kappa shape index (κ1) is 76.1. The molecule has 0 amide bonds. The first-order chi connectivity index (χ1) is 39.5. The van der Waals surface area contributed by atoms with Gasteiger partial charge in [-0.15, -0.1) is 0 Å². The van der Waals surface area contributed by atoms with E-state index in [2.05, 4.69) is 130 Å². The Morgan fingerprint density at radius 1 is 0.263 bits per heavy atom. The van der Waals surface area contributed by atoms with Crippen molar-refractivity contribution in [2.24, 2.45) is 0 Å². The number of carbonyl (C=O) groups excluding carboxylic acids is 3. The standard InChI is InChI=1S/C74H126O6/c1-4-7-10-13-16-19-22-25-28-30-32-34-35-36-37-38-40-41-43-46-49-52-55-58-61-64-67-73(76)79-70-71(69-78-72(75)66-63-60-57-54-51-48-45-27-24-21-18-15-12-9-6-3)80-74(77)68-65-62-59-56-53-50-47-44-42-39-33-31-29-26-23-20-17-14-11-8-5-2/h8-9,11-12,17-18,20-21,26-27,29,33,39,44-45,47,53,56,71H,4-7,10,13-16,19,22-25,28,30-32,34-38,40-43,46,48-52,54-55,57-70H2,1-3H3/b11-8-,12-9-,20-17-,21-18-,29-26-,39-33-,45-27-,47-44-,56-53-. The Kier molecular flexibility index (Phi) is 64.3. The molecule has 6 heteroatoms. The van der Waals surface area contributed by atoms with Crippen LogP contribution in [0.15, 0.2) is 109 Å². The van der Waals surface area contributed by atoms with Crippen LogP contribution in [0.5, 0.6) is 0 Å². The predicted molar refractivity (Wildman–Crippen MR) is 348 cm³/mol. The molecule has 0 aliphatic carbocycles. The molecule has 0 aromatic heterocycles. The Morgan fingerprint density at radius 3 is 0.787 bits per heavy atom. The van der Waals surface area contributed by atoms with Crippen molar-refractivity contribution in [3.8, 4) is 0 Å². The van der Waals surface area contributed by atoms with Gasteiger partial charge < -0.3 is 14.2 Å². The quantitative estimate of drug-likeness (QED) is 0.0261. The highest BCUT2D eigenvalue weighted by Gasteiger charge is 2.19. The molecule has 6 nitrogen and oxygen atoms in total. The lowest BCUT2D eigenvalue weighted by Crippen LogP contribution is -2.30. The highest BCUT2D eigenvalue weighted by atomic mass is 16.6. The summed E-state index contributed by atoms with van der Waals surface area (Å²) in [7, 11) is 0. The number of hydrogen-bond acceptors (Lipinski definition) is 6. The molecule has 1 unspecified atom stereocenters. The minimum atomic E-state index is -0.811. The molecule has 0 heterocycles. The molecule has 0 aromatic carbocycles. The van der Waals surface area contributed by atoms with Crippen molar-refractivity contribution in [3.05, 3.63) is 109 Å². The molecule has 0 aliphatic rings. The van der Waals surface area contributed by atoms with E-state index in [0.717, 1.165) is 128 Å². The van der Waals surface area contributed by atoms with Crippen LogP contribution < -0.4 is 0 Å². The first-order valence-electron chi connectivity index (χ1n) is 33.9. The lowest BCUT2D eigenvalue weighted by Gasteiger charge is -2.18. The van der Waals surface area contributed by atoms with Gasteiger partial charge in [0.1, 0.15) is 13.2 Å². The fraction of sp³-hybridized carbons (Fsp3) is 0.716. The van der Waals surface area contributed by atoms with Gasteiger partial charge in [-0.3, -0.25) is 14.4 Å². The molecule has 0 radical (unpaired) electrons. The number of unbranched alkanes of at least 4 members (excludes halogenated alkanes) is 32. The van der Waals surface area contributed by atoms with E-state index in [-0.39, 0.29) is 37.5 Å². The zero-order chi connectivity index (χ0) is 57.8. The van der Waals surface area contributed by atoms with Crippen LogP contribution in [0.4, 0.5) is 0 Å². The van der Waals surface area contributed by atoms with Gasteiger partial charge in [0.05, 0.1) is 0 Å². The first-order valence-corrected chi connectivity index (χ1v) is 33.9. The van der Waals surface area contributed by atoms with E-state index in [9.17, 15) is 14.4 Å². The Morgan fingerprint density at radius 2 is 0.487 bits per heavy atom. The summed E-state index contributed by atoms with van der Waals surface area (Å²) < 4.78 is 16.9. The minimum absolute atomic E-state index is 0.100. The van der Waals surface area contributed by atoms with Crippen LogP contribution in [0.3, 0.4) is 0 Å². The van der Waals surface area contributed by atoms with Crippen molar-refractivity contribution >= 4 is 17.9 Å². The third-order valence-electron chi connectivity index (χ3n) is 14.5. The van der Waals surface area contributed by atoms with E-state index in [1.54, 1.807) is 0 Å². The fourth-order valence-corrected chi connectivity index (χ4v) is 9.52. The van der Waals surface area contributed by atoms with Crippen LogP contribution in [0.1, 0.15) is 323 Å². The predicted octanol–water partition coefficient (Wildman–Crippen LogP) is 23.4. The molecule has 0 bridgehead atoms. The number of esters is 3. The van der Waals surface area contributed by atoms with Crippen molar-refractivity contribution in [2.75, 3.05) is 13.2 Å². The van der Waals surface area contributed by atoms with Gasteiger partial charge in [-0.25, -0.2) is 0 Å². The number of rotatable bonds is 61. The van der Waals surface area contributed by atoms with Crippen LogP contribution in [0.25, 0.3) is 0 Å². The van der Waals surface area contributed by atoms with E-state index < -0.39 is 6.10 Å². The van der Waals surface area contributed by atoms with Gasteiger partial charge in [-0.05, 0) is 103 Å². The Bertz CT molecular complexity index is 1610. The van der Waals surface area contributed by atoms with E-state index in [1.807, 2.05) is 0 Å². The topological polar surface area (TPSA) is 78.9 Å². The van der Waals surface area contributed by atoms with Gasteiger partial charge in [-0.1, -0.05) is 310 Å². The number of ether oxygens (including phenoxy) is 3. The summed E-state index contributed by atoms with van der Waals surface area (Å²) in [5.74, 6) is -0.951. The van der Waals surface area contributed by atoms with Crippen LogP contribution in [-0.4, -0.2) is 37.2 Å².